The molecule has 0 aliphatic heterocycles. The molecule has 0 saturated heterocycles. The molecule has 0 aliphatic carbocycles. The highest BCUT2D eigenvalue weighted by atomic mass is 79.9. The second-order valence-electron chi connectivity index (χ2n) is 4.11. The van der Waals surface area contributed by atoms with E-state index in [1.54, 1.807) is 0 Å². The van der Waals surface area contributed by atoms with E-state index in [4.69, 9.17) is 16.0 Å². The average Bonchev–Trinajstić information content (AvgIpc) is 2.76. The van der Waals surface area contributed by atoms with Crippen molar-refractivity contribution >= 4 is 27.5 Å². The Bertz CT molecular complexity index is 538. The number of benzene rings is 1. The number of hydrogen-bond acceptors (Lipinski definition) is 2. The molecule has 1 atom stereocenters. The van der Waals surface area contributed by atoms with E-state index in [0.717, 1.165) is 28.1 Å². The van der Waals surface area contributed by atoms with Crippen LogP contribution in [-0.4, -0.2) is 6.54 Å². The van der Waals surface area contributed by atoms with E-state index in [0.29, 0.717) is 5.02 Å². The molecule has 1 unspecified atom stereocenters. The highest BCUT2D eigenvalue weighted by molar-refractivity contribution is 9.10. The van der Waals surface area contributed by atoms with E-state index < -0.39 is 0 Å². The minimum atomic E-state index is 0.0530. The molecule has 1 N–H and O–H groups in total. The van der Waals surface area contributed by atoms with Crippen LogP contribution in [0.15, 0.2) is 39.2 Å². The van der Waals surface area contributed by atoms with Gasteiger partial charge in [0.15, 0.2) is 0 Å². The predicted molar refractivity (Wildman–Crippen MR) is 78.1 cm³/mol. The van der Waals surface area contributed by atoms with Gasteiger partial charge in [0.05, 0.1) is 11.1 Å². The Balaban J connectivity index is 2.37. The van der Waals surface area contributed by atoms with Crippen molar-refractivity contribution in [3.05, 3.63) is 56.9 Å². The molecule has 2 aromatic rings. The number of rotatable bonds is 4. The molecule has 1 aromatic carbocycles. The second kappa shape index (κ2) is 5.91. The van der Waals surface area contributed by atoms with Gasteiger partial charge in [-0.15, -0.1) is 0 Å². The first kappa shape index (κ1) is 13.7. The van der Waals surface area contributed by atoms with Crippen LogP contribution in [-0.2, 0) is 0 Å². The van der Waals surface area contributed by atoms with Crippen LogP contribution in [0.25, 0.3) is 0 Å². The molecule has 0 aliphatic rings. The Labute approximate surface area is 120 Å². The Morgan fingerprint density at radius 3 is 2.67 bits per heavy atom. The first-order valence-corrected chi connectivity index (χ1v) is 7.03. The van der Waals surface area contributed by atoms with Crippen molar-refractivity contribution in [2.45, 2.75) is 19.9 Å². The molecule has 4 heteroatoms. The number of hydrogen-bond donors (Lipinski definition) is 1. The lowest BCUT2D eigenvalue weighted by Crippen LogP contribution is -2.21. The van der Waals surface area contributed by atoms with Crippen molar-refractivity contribution in [3.63, 3.8) is 0 Å². The summed E-state index contributed by atoms with van der Waals surface area (Å²) in [5, 5.41) is 4.13. The van der Waals surface area contributed by atoms with Gasteiger partial charge in [-0.3, -0.25) is 0 Å². The maximum atomic E-state index is 6.02. The van der Waals surface area contributed by atoms with E-state index in [9.17, 15) is 0 Å². The zero-order valence-electron chi connectivity index (χ0n) is 10.3. The monoisotopic (exact) mass is 327 g/mol. The van der Waals surface area contributed by atoms with Crippen molar-refractivity contribution in [2.75, 3.05) is 6.54 Å². The molecule has 0 amide bonds. The lowest BCUT2D eigenvalue weighted by atomic mass is 10.0. The Kier molecular flexibility index (Phi) is 4.49. The maximum Gasteiger partial charge on any atom is 0.125 e. The van der Waals surface area contributed by atoms with Crippen molar-refractivity contribution in [1.29, 1.82) is 0 Å². The van der Waals surface area contributed by atoms with Crippen LogP contribution >= 0.6 is 27.5 Å². The SMILES string of the molecule is CCNC(c1ccc(Cl)c(Br)c1)c1ccc(C)o1. The zero-order valence-corrected chi connectivity index (χ0v) is 12.7. The summed E-state index contributed by atoms with van der Waals surface area (Å²) in [4.78, 5) is 0. The molecule has 2 nitrogen and oxygen atoms in total. The van der Waals surface area contributed by atoms with Crippen LogP contribution in [0.5, 0.6) is 0 Å². The predicted octanol–water partition coefficient (Wildman–Crippen LogP) is 4.70. The fourth-order valence-corrected chi connectivity index (χ4v) is 2.40. The third-order valence-corrected chi connectivity index (χ3v) is 3.94. The highest BCUT2D eigenvalue weighted by Gasteiger charge is 2.17. The van der Waals surface area contributed by atoms with Gasteiger partial charge in [0.2, 0.25) is 0 Å². The topological polar surface area (TPSA) is 25.2 Å². The smallest absolute Gasteiger partial charge is 0.125 e. The first-order valence-electron chi connectivity index (χ1n) is 5.86. The van der Waals surface area contributed by atoms with Gasteiger partial charge in [0.25, 0.3) is 0 Å². The molecule has 2 rings (SSSR count). The Morgan fingerprint density at radius 1 is 1.33 bits per heavy atom. The summed E-state index contributed by atoms with van der Waals surface area (Å²) in [6.07, 6.45) is 0. The average molecular weight is 329 g/mol. The van der Waals surface area contributed by atoms with Gasteiger partial charge >= 0.3 is 0 Å². The van der Waals surface area contributed by atoms with E-state index in [-0.39, 0.29) is 6.04 Å². The van der Waals surface area contributed by atoms with E-state index in [2.05, 4.69) is 28.2 Å². The van der Waals surface area contributed by atoms with Gasteiger partial charge in [-0.1, -0.05) is 24.6 Å². The summed E-state index contributed by atoms with van der Waals surface area (Å²) in [5.74, 6) is 1.84. The van der Waals surface area contributed by atoms with Crippen molar-refractivity contribution in [1.82, 2.24) is 5.32 Å². The van der Waals surface area contributed by atoms with Crippen molar-refractivity contribution in [2.24, 2.45) is 0 Å². The number of halogens is 2. The molecule has 0 fully saturated rings. The zero-order chi connectivity index (χ0) is 13.1. The van der Waals surface area contributed by atoms with Crippen LogP contribution in [0.1, 0.15) is 30.0 Å². The molecule has 0 spiro atoms. The van der Waals surface area contributed by atoms with Gasteiger partial charge in [-0.2, -0.15) is 0 Å². The van der Waals surface area contributed by atoms with Gasteiger partial charge in [0, 0.05) is 4.47 Å². The summed E-state index contributed by atoms with van der Waals surface area (Å²) >= 11 is 9.47. The van der Waals surface area contributed by atoms with Crippen LogP contribution < -0.4 is 5.32 Å². The molecule has 1 heterocycles. The molecular weight excluding hydrogens is 314 g/mol. The summed E-state index contributed by atoms with van der Waals surface area (Å²) in [6, 6.07) is 9.96. The fraction of sp³-hybridized carbons (Fsp3) is 0.286. The Morgan fingerprint density at radius 2 is 2.11 bits per heavy atom. The van der Waals surface area contributed by atoms with Crippen LogP contribution in [0.2, 0.25) is 5.02 Å². The van der Waals surface area contributed by atoms with E-state index in [1.165, 1.54) is 0 Å². The molecule has 0 saturated carbocycles. The van der Waals surface area contributed by atoms with E-state index in [1.807, 2.05) is 37.3 Å². The maximum absolute atomic E-state index is 6.02. The first-order chi connectivity index (χ1) is 8.61. The summed E-state index contributed by atoms with van der Waals surface area (Å²) in [6.45, 7) is 4.89. The lowest BCUT2D eigenvalue weighted by Gasteiger charge is -2.16. The standard InChI is InChI=1S/C14H15BrClNO/c1-3-17-14(13-7-4-9(2)18-13)10-5-6-12(16)11(15)8-10/h4-8,14,17H,3H2,1-2H3. The van der Waals surface area contributed by atoms with Gasteiger partial charge in [0.1, 0.15) is 11.5 Å². The Hall–Kier alpha value is -0.770. The van der Waals surface area contributed by atoms with Gasteiger partial charge in [-0.05, 0) is 59.2 Å². The fourth-order valence-electron chi connectivity index (χ4n) is 1.89. The minimum Gasteiger partial charge on any atom is -0.464 e. The second-order valence-corrected chi connectivity index (χ2v) is 5.37. The molecular formula is C14H15BrClNO. The van der Waals surface area contributed by atoms with Crippen molar-refractivity contribution in [3.8, 4) is 0 Å². The quantitative estimate of drug-likeness (QED) is 0.880. The third kappa shape index (κ3) is 2.97. The van der Waals surface area contributed by atoms with Crippen LogP contribution in [0, 0.1) is 6.92 Å². The summed E-state index contributed by atoms with van der Waals surface area (Å²) < 4.78 is 6.61. The lowest BCUT2D eigenvalue weighted by molar-refractivity contribution is 0.435. The van der Waals surface area contributed by atoms with Crippen LogP contribution in [0.3, 0.4) is 0 Å². The van der Waals surface area contributed by atoms with E-state index >= 15 is 0 Å². The molecule has 0 bridgehead atoms. The summed E-state index contributed by atoms with van der Waals surface area (Å²) in [5.41, 5.74) is 1.13. The molecule has 18 heavy (non-hydrogen) atoms. The number of furan rings is 1. The highest BCUT2D eigenvalue weighted by Crippen LogP contribution is 2.29. The van der Waals surface area contributed by atoms with Gasteiger partial charge in [-0.25, -0.2) is 0 Å². The molecule has 1 aromatic heterocycles. The van der Waals surface area contributed by atoms with Crippen molar-refractivity contribution < 1.29 is 4.42 Å². The third-order valence-electron chi connectivity index (χ3n) is 2.73. The molecule has 96 valence electrons. The number of aryl methyl sites for hydroxylation is 1. The van der Waals surface area contributed by atoms with Gasteiger partial charge < -0.3 is 9.73 Å². The molecule has 0 radical (unpaired) electrons. The largest absolute Gasteiger partial charge is 0.464 e. The normalized spacial score (nSPS) is 12.7. The number of nitrogens with one attached hydrogen (secondary N) is 1. The summed E-state index contributed by atoms with van der Waals surface area (Å²) in [7, 11) is 0. The minimum absolute atomic E-state index is 0.0530. The van der Waals surface area contributed by atoms with Crippen LogP contribution in [0.4, 0.5) is 0 Å².